The molecule has 0 spiro atoms. The van der Waals surface area contributed by atoms with Gasteiger partial charge in [-0.3, -0.25) is 0 Å². The standard InChI is InChI=1S/C15H23NO3/c1-12-13(10-19-14(12)18)16(2)9-8-15(11-17)6-4-3-5-7-15/h11H,3-10H2,1-2H3. The van der Waals surface area contributed by atoms with Crippen LogP contribution in [0.2, 0.25) is 0 Å². The second-order valence-corrected chi connectivity index (χ2v) is 5.86. The summed E-state index contributed by atoms with van der Waals surface area (Å²) < 4.78 is 5.02. The van der Waals surface area contributed by atoms with Gasteiger partial charge in [0, 0.05) is 19.0 Å². The molecule has 1 aliphatic heterocycles. The Labute approximate surface area is 114 Å². The molecule has 2 rings (SSSR count). The summed E-state index contributed by atoms with van der Waals surface area (Å²) in [6, 6.07) is 0. The molecule has 0 aromatic heterocycles. The molecule has 1 fully saturated rings. The summed E-state index contributed by atoms with van der Waals surface area (Å²) in [6.45, 7) is 2.98. The van der Waals surface area contributed by atoms with E-state index in [2.05, 4.69) is 4.90 Å². The molecule has 106 valence electrons. The van der Waals surface area contributed by atoms with Gasteiger partial charge in [0.25, 0.3) is 0 Å². The fraction of sp³-hybridized carbons (Fsp3) is 0.733. The lowest BCUT2D eigenvalue weighted by Gasteiger charge is -2.34. The molecule has 0 radical (unpaired) electrons. The Hall–Kier alpha value is -1.32. The zero-order valence-corrected chi connectivity index (χ0v) is 11.9. The zero-order valence-electron chi connectivity index (χ0n) is 11.9. The van der Waals surface area contributed by atoms with E-state index in [0.717, 1.165) is 50.6 Å². The van der Waals surface area contributed by atoms with E-state index in [-0.39, 0.29) is 11.4 Å². The molecule has 1 heterocycles. The van der Waals surface area contributed by atoms with E-state index in [1.807, 2.05) is 7.05 Å². The van der Waals surface area contributed by atoms with Crippen molar-refractivity contribution in [3.8, 4) is 0 Å². The van der Waals surface area contributed by atoms with Crippen molar-refractivity contribution in [2.45, 2.75) is 45.4 Å². The fourth-order valence-electron chi connectivity index (χ4n) is 3.07. The van der Waals surface area contributed by atoms with Crippen LogP contribution in [0.3, 0.4) is 0 Å². The van der Waals surface area contributed by atoms with Gasteiger partial charge in [-0.2, -0.15) is 0 Å². The third-order valence-corrected chi connectivity index (χ3v) is 4.58. The van der Waals surface area contributed by atoms with Crippen molar-refractivity contribution in [2.24, 2.45) is 5.41 Å². The van der Waals surface area contributed by atoms with Crippen LogP contribution in [0.4, 0.5) is 0 Å². The number of rotatable bonds is 5. The van der Waals surface area contributed by atoms with Gasteiger partial charge in [-0.25, -0.2) is 4.79 Å². The van der Waals surface area contributed by atoms with Crippen molar-refractivity contribution in [1.82, 2.24) is 4.90 Å². The van der Waals surface area contributed by atoms with Crippen molar-refractivity contribution in [3.05, 3.63) is 11.3 Å². The maximum atomic E-state index is 11.4. The highest BCUT2D eigenvalue weighted by Gasteiger charge is 2.32. The summed E-state index contributed by atoms with van der Waals surface area (Å²) in [6.07, 6.45) is 7.63. The normalized spacial score (nSPS) is 22.3. The largest absolute Gasteiger partial charge is 0.456 e. The molecule has 19 heavy (non-hydrogen) atoms. The van der Waals surface area contributed by atoms with Gasteiger partial charge in [0.2, 0.25) is 0 Å². The summed E-state index contributed by atoms with van der Waals surface area (Å²) in [5.74, 6) is -0.218. The number of esters is 1. The summed E-state index contributed by atoms with van der Waals surface area (Å²) in [4.78, 5) is 24.8. The summed E-state index contributed by atoms with van der Waals surface area (Å²) in [5.41, 5.74) is 1.53. The average molecular weight is 265 g/mol. The number of hydrogen-bond donors (Lipinski definition) is 0. The molecule has 0 atom stereocenters. The van der Waals surface area contributed by atoms with Gasteiger partial charge in [-0.15, -0.1) is 0 Å². The molecule has 0 N–H and O–H groups in total. The quantitative estimate of drug-likeness (QED) is 0.565. The predicted octanol–water partition coefficient (Wildman–Crippen LogP) is 2.29. The van der Waals surface area contributed by atoms with Crippen LogP contribution in [-0.4, -0.2) is 37.4 Å². The van der Waals surface area contributed by atoms with Gasteiger partial charge in [0.1, 0.15) is 12.9 Å². The van der Waals surface area contributed by atoms with E-state index < -0.39 is 0 Å². The Morgan fingerprint density at radius 1 is 1.32 bits per heavy atom. The second kappa shape index (κ2) is 5.76. The molecule has 0 amide bonds. The molecule has 2 aliphatic rings. The van der Waals surface area contributed by atoms with Crippen LogP contribution in [0.1, 0.15) is 45.4 Å². The second-order valence-electron chi connectivity index (χ2n) is 5.86. The topological polar surface area (TPSA) is 46.6 Å². The van der Waals surface area contributed by atoms with E-state index in [1.54, 1.807) is 6.92 Å². The maximum absolute atomic E-state index is 11.4. The monoisotopic (exact) mass is 265 g/mol. The first-order valence-corrected chi connectivity index (χ1v) is 7.12. The molecule has 4 heteroatoms. The Morgan fingerprint density at radius 3 is 2.53 bits per heavy atom. The minimum absolute atomic E-state index is 0.134. The number of ether oxygens (including phenoxy) is 1. The van der Waals surface area contributed by atoms with Crippen LogP contribution in [0, 0.1) is 5.41 Å². The zero-order chi connectivity index (χ0) is 13.9. The maximum Gasteiger partial charge on any atom is 0.335 e. The molecule has 0 bridgehead atoms. The van der Waals surface area contributed by atoms with Gasteiger partial charge in [0.15, 0.2) is 0 Å². The number of carbonyl (C=O) groups is 2. The molecule has 0 unspecified atom stereocenters. The first-order chi connectivity index (χ1) is 9.08. The van der Waals surface area contributed by atoms with Crippen LogP contribution >= 0.6 is 0 Å². The van der Waals surface area contributed by atoms with E-state index in [4.69, 9.17) is 4.74 Å². The molecule has 1 saturated carbocycles. The Morgan fingerprint density at radius 2 is 2.00 bits per heavy atom. The SMILES string of the molecule is CC1=C(N(C)CCC2(C=O)CCCCC2)COC1=O. The summed E-state index contributed by atoms with van der Waals surface area (Å²) in [5, 5.41) is 0. The third-order valence-electron chi connectivity index (χ3n) is 4.58. The van der Waals surface area contributed by atoms with E-state index in [0.29, 0.717) is 12.2 Å². The Bertz CT molecular complexity index is 394. The molecular formula is C15H23NO3. The highest BCUT2D eigenvalue weighted by Crippen LogP contribution is 2.37. The summed E-state index contributed by atoms with van der Waals surface area (Å²) >= 11 is 0. The van der Waals surface area contributed by atoms with Crippen molar-refractivity contribution < 1.29 is 14.3 Å². The van der Waals surface area contributed by atoms with Crippen molar-refractivity contribution in [1.29, 1.82) is 0 Å². The Kier molecular flexibility index (Phi) is 4.27. The van der Waals surface area contributed by atoms with Crippen molar-refractivity contribution in [3.63, 3.8) is 0 Å². The number of carbonyl (C=O) groups excluding carboxylic acids is 2. The van der Waals surface area contributed by atoms with Gasteiger partial charge in [-0.05, 0) is 26.2 Å². The highest BCUT2D eigenvalue weighted by atomic mass is 16.5. The van der Waals surface area contributed by atoms with Gasteiger partial charge < -0.3 is 14.4 Å². The molecule has 0 aromatic carbocycles. The van der Waals surface area contributed by atoms with Crippen LogP contribution in [0.15, 0.2) is 11.3 Å². The van der Waals surface area contributed by atoms with Crippen molar-refractivity contribution >= 4 is 12.3 Å². The smallest absolute Gasteiger partial charge is 0.335 e. The van der Waals surface area contributed by atoms with E-state index in [9.17, 15) is 9.59 Å². The predicted molar refractivity (Wildman–Crippen MR) is 72.5 cm³/mol. The van der Waals surface area contributed by atoms with E-state index in [1.165, 1.54) is 6.42 Å². The molecule has 1 aliphatic carbocycles. The Balaban J connectivity index is 1.94. The van der Waals surface area contributed by atoms with Gasteiger partial charge in [0.05, 0.1) is 11.3 Å². The highest BCUT2D eigenvalue weighted by molar-refractivity contribution is 5.90. The minimum Gasteiger partial charge on any atom is -0.456 e. The summed E-state index contributed by atoms with van der Waals surface area (Å²) in [7, 11) is 1.97. The number of nitrogens with zero attached hydrogens (tertiary/aromatic N) is 1. The molecular weight excluding hydrogens is 242 g/mol. The molecule has 0 aromatic rings. The minimum atomic E-state index is -0.218. The van der Waals surface area contributed by atoms with Crippen molar-refractivity contribution in [2.75, 3.05) is 20.2 Å². The first kappa shape index (κ1) is 14.1. The number of likely N-dealkylation sites (N-methyl/N-ethyl adjacent to an activating group) is 1. The lowest BCUT2D eigenvalue weighted by atomic mass is 9.73. The lowest BCUT2D eigenvalue weighted by Crippen LogP contribution is -2.31. The van der Waals surface area contributed by atoms with Crippen LogP contribution in [0.5, 0.6) is 0 Å². The number of cyclic esters (lactones) is 1. The fourth-order valence-corrected chi connectivity index (χ4v) is 3.07. The lowest BCUT2D eigenvalue weighted by molar-refractivity contribution is -0.136. The first-order valence-electron chi connectivity index (χ1n) is 7.12. The number of aldehydes is 1. The third kappa shape index (κ3) is 2.99. The molecule has 0 saturated heterocycles. The van der Waals surface area contributed by atoms with E-state index >= 15 is 0 Å². The van der Waals surface area contributed by atoms with Gasteiger partial charge in [-0.1, -0.05) is 19.3 Å². The average Bonchev–Trinajstić information content (AvgIpc) is 2.77. The van der Waals surface area contributed by atoms with Crippen LogP contribution in [0.25, 0.3) is 0 Å². The van der Waals surface area contributed by atoms with Crippen LogP contribution in [-0.2, 0) is 14.3 Å². The molecule has 4 nitrogen and oxygen atoms in total. The van der Waals surface area contributed by atoms with Gasteiger partial charge >= 0.3 is 5.97 Å². The number of hydrogen-bond acceptors (Lipinski definition) is 4. The van der Waals surface area contributed by atoms with Crippen LogP contribution < -0.4 is 0 Å².